The number of aryl methyl sites for hydroxylation is 2. The number of anilines is 1. The maximum absolute atomic E-state index is 13.1. The molecule has 1 saturated heterocycles. The molecule has 0 radical (unpaired) electrons. The molecule has 0 aromatic carbocycles. The molecule has 12 heteroatoms. The number of imidazole rings is 1. The summed E-state index contributed by atoms with van der Waals surface area (Å²) in [5.74, 6) is 2.00. The van der Waals surface area contributed by atoms with E-state index in [4.69, 9.17) is 4.98 Å². The van der Waals surface area contributed by atoms with Gasteiger partial charge in [0, 0.05) is 50.5 Å². The van der Waals surface area contributed by atoms with Crippen molar-refractivity contribution in [3.63, 3.8) is 0 Å². The van der Waals surface area contributed by atoms with E-state index in [1.54, 1.807) is 17.3 Å². The van der Waals surface area contributed by atoms with Gasteiger partial charge in [-0.3, -0.25) is 9.59 Å². The van der Waals surface area contributed by atoms with Crippen LogP contribution < -0.4 is 10.6 Å². The Morgan fingerprint density at radius 3 is 2.57 bits per heavy atom. The van der Waals surface area contributed by atoms with Gasteiger partial charge in [-0.25, -0.2) is 24.9 Å². The van der Waals surface area contributed by atoms with Gasteiger partial charge in [0.15, 0.2) is 17.0 Å². The van der Waals surface area contributed by atoms with Crippen LogP contribution in [0.15, 0.2) is 18.7 Å². The average Bonchev–Trinajstić information content (AvgIpc) is 3.53. The molecular weight excluding hydrogens is 472 g/mol. The predicted molar refractivity (Wildman–Crippen MR) is 139 cm³/mol. The van der Waals surface area contributed by atoms with Crippen LogP contribution in [0.4, 0.5) is 5.82 Å². The monoisotopic (exact) mass is 506 g/mol. The summed E-state index contributed by atoms with van der Waals surface area (Å²) < 4.78 is 2.01. The summed E-state index contributed by atoms with van der Waals surface area (Å²) in [4.78, 5) is 52.3. The maximum Gasteiger partial charge on any atom is 0.242 e. The number of fused-ring (bicyclic) bond motifs is 1. The Balaban J connectivity index is 1.39. The summed E-state index contributed by atoms with van der Waals surface area (Å²) in [6.07, 6.45) is 7.33. The van der Waals surface area contributed by atoms with E-state index < -0.39 is 6.04 Å². The molecule has 4 heterocycles. The minimum atomic E-state index is -0.501. The molecule has 2 N–H and O–H groups in total. The molecule has 12 nitrogen and oxygen atoms in total. The van der Waals surface area contributed by atoms with Crippen molar-refractivity contribution in [1.29, 1.82) is 0 Å². The first-order chi connectivity index (χ1) is 17.9. The fraction of sp³-hybridized carbons (Fsp3) is 0.560. The molecule has 37 heavy (non-hydrogen) atoms. The van der Waals surface area contributed by atoms with Gasteiger partial charge >= 0.3 is 0 Å². The van der Waals surface area contributed by atoms with Crippen molar-refractivity contribution in [2.75, 3.05) is 39.0 Å². The second-order valence-electron chi connectivity index (χ2n) is 10.0. The number of amides is 2. The van der Waals surface area contributed by atoms with Gasteiger partial charge in [0.25, 0.3) is 0 Å². The third-order valence-corrected chi connectivity index (χ3v) is 6.90. The maximum atomic E-state index is 13.1. The number of likely N-dealkylation sites (N-methyl/N-ethyl adjacent to an activating group) is 1. The van der Waals surface area contributed by atoms with Crippen molar-refractivity contribution in [2.24, 2.45) is 5.92 Å². The van der Waals surface area contributed by atoms with Crippen LogP contribution in [0.2, 0.25) is 0 Å². The third kappa shape index (κ3) is 5.24. The Bertz CT molecular complexity index is 1280. The summed E-state index contributed by atoms with van der Waals surface area (Å²) in [7, 11) is 3.92. The number of aromatic nitrogens is 6. The smallest absolute Gasteiger partial charge is 0.242 e. The molecule has 196 valence electrons. The van der Waals surface area contributed by atoms with Crippen LogP contribution in [0.3, 0.4) is 0 Å². The standard InChI is InChI=1S/C25H34N10O2/c1-5-34-22(17-11-27-15(2)28-12-17)32-20-21(29-14-30-23(20)34)31-18-10-19(24(36)26-8-9-33(3)4)35(13-18)25(37)16-6-7-16/h11-12,14,16,18-19H,5-10,13H2,1-4H3,(H,26,36)(H,29,30,31)/t18-,19+/m0/s1. The van der Waals surface area contributed by atoms with Crippen molar-refractivity contribution < 1.29 is 9.59 Å². The van der Waals surface area contributed by atoms with E-state index in [0.717, 1.165) is 30.8 Å². The van der Waals surface area contributed by atoms with Gasteiger partial charge in [0.05, 0.1) is 5.56 Å². The third-order valence-electron chi connectivity index (χ3n) is 6.90. The lowest BCUT2D eigenvalue weighted by Crippen LogP contribution is -2.47. The molecular formula is C25H34N10O2. The Morgan fingerprint density at radius 2 is 1.89 bits per heavy atom. The molecule has 2 fully saturated rings. The van der Waals surface area contributed by atoms with E-state index in [-0.39, 0.29) is 23.8 Å². The minimum absolute atomic E-state index is 0.0427. The highest BCUT2D eigenvalue weighted by Crippen LogP contribution is 2.35. The zero-order valence-corrected chi connectivity index (χ0v) is 21.8. The first-order valence-electron chi connectivity index (χ1n) is 12.9. The molecule has 1 aliphatic carbocycles. The number of hydrogen-bond donors (Lipinski definition) is 2. The predicted octanol–water partition coefficient (Wildman–Crippen LogP) is 1.08. The first kappa shape index (κ1) is 25.0. The summed E-state index contributed by atoms with van der Waals surface area (Å²) in [6, 6.07) is -0.637. The molecule has 1 saturated carbocycles. The molecule has 0 spiro atoms. The molecule has 3 aromatic rings. The van der Waals surface area contributed by atoms with Gasteiger partial charge in [-0.05, 0) is 47.2 Å². The SMILES string of the molecule is CCn1c(-c2cnc(C)nc2)nc2c(N[C@H]3C[C@H](C(=O)NCCN(C)C)N(C(=O)C4CC4)C3)ncnc21. The number of nitrogens with zero attached hydrogens (tertiary/aromatic N) is 8. The number of likely N-dealkylation sites (tertiary alicyclic amines) is 1. The fourth-order valence-corrected chi connectivity index (χ4v) is 4.78. The Hall–Kier alpha value is -3.67. The van der Waals surface area contributed by atoms with Crippen LogP contribution in [-0.4, -0.2) is 96.9 Å². The molecule has 0 unspecified atom stereocenters. The lowest BCUT2D eigenvalue weighted by Gasteiger charge is -2.24. The molecule has 0 bridgehead atoms. The van der Waals surface area contributed by atoms with Crippen LogP contribution in [0.25, 0.3) is 22.6 Å². The van der Waals surface area contributed by atoms with Crippen LogP contribution in [0.5, 0.6) is 0 Å². The van der Waals surface area contributed by atoms with E-state index in [9.17, 15) is 9.59 Å². The van der Waals surface area contributed by atoms with Gasteiger partial charge in [-0.1, -0.05) is 0 Å². The summed E-state index contributed by atoms with van der Waals surface area (Å²) >= 11 is 0. The van der Waals surface area contributed by atoms with E-state index in [2.05, 4.69) is 30.6 Å². The lowest BCUT2D eigenvalue weighted by atomic mass is 10.1. The second-order valence-corrected chi connectivity index (χ2v) is 10.0. The Morgan fingerprint density at radius 1 is 1.14 bits per heavy atom. The minimum Gasteiger partial charge on any atom is -0.363 e. The Kier molecular flexibility index (Phi) is 7.00. The summed E-state index contributed by atoms with van der Waals surface area (Å²) in [6.45, 7) is 6.27. The van der Waals surface area contributed by atoms with Gasteiger partial charge in [0.2, 0.25) is 11.8 Å². The normalized spacial score (nSPS) is 19.5. The van der Waals surface area contributed by atoms with Crippen molar-refractivity contribution in [3.8, 4) is 11.4 Å². The molecule has 2 amide bonds. The zero-order valence-electron chi connectivity index (χ0n) is 21.8. The lowest BCUT2D eigenvalue weighted by molar-refractivity contribution is -0.139. The van der Waals surface area contributed by atoms with Gasteiger partial charge in [-0.2, -0.15) is 0 Å². The quantitative estimate of drug-likeness (QED) is 0.437. The molecule has 3 aromatic heterocycles. The van der Waals surface area contributed by atoms with E-state index >= 15 is 0 Å². The largest absolute Gasteiger partial charge is 0.363 e. The van der Waals surface area contributed by atoms with Crippen LogP contribution in [0, 0.1) is 12.8 Å². The Labute approximate surface area is 215 Å². The number of hydrogen-bond acceptors (Lipinski definition) is 9. The summed E-state index contributed by atoms with van der Waals surface area (Å²) in [5.41, 5.74) is 2.14. The second kappa shape index (κ2) is 10.4. The number of carbonyl (C=O) groups is 2. The van der Waals surface area contributed by atoms with Crippen LogP contribution in [-0.2, 0) is 16.1 Å². The molecule has 1 aliphatic heterocycles. The molecule has 5 rings (SSSR count). The van der Waals surface area contributed by atoms with Gasteiger partial charge in [0.1, 0.15) is 24.0 Å². The number of nitrogens with one attached hydrogen (secondary N) is 2. The molecule has 2 aliphatic rings. The van der Waals surface area contributed by atoms with E-state index in [1.807, 2.05) is 37.4 Å². The number of carbonyl (C=O) groups excluding carboxylic acids is 2. The highest BCUT2D eigenvalue weighted by Gasteiger charge is 2.44. The number of rotatable bonds is 9. The first-order valence-corrected chi connectivity index (χ1v) is 12.9. The van der Waals surface area contributed by atoms with E-state index in [0.29, 0.717) is 48.9 Å². The topological polar surface area (TPSA) is 134 Å². The molecule has 2 atom stereocenters. The highest BCUT2D eigenvalue weighted by molar-refractivity contribution is 5.91. The van der Waals surface area contributed by atoms with E-state index in [1.165, 1.54) is 6.33 Å². The van der Waals surface area contributed by atoms with Crippen molar-refractivity contribution in [1.82, 2.24) is 44.6 Å². The van der Waals surface area contributed by atoms with Crippen LogP contribution in [0.1, 0.15) is 32.0 Å². The van der Waals surface area contributed by atoms with Crippen LogP contribution >= 0.6 is 0 Å². The zero-order chi connectivity index (χ0) is 26.1. The average molecular weight is 507 g/mol. The van der Waals surface area contributed by atoms with Crippen molar-refractivity contribution >= 4 is 28.8 Å². The van der Waals surface area contributed by atoms with Gasteiger partial charge < -0.3 is 25.0 Å². The summed E-state index contributed by atoms with van der Waals surface area (Å²) in [5, 5.41) is 6.47. The fourth-order valence-electron chi connectivity index (χ4n) is 4.78. The van der Waals surface area contributed by atoms with Crippen molar-refractivity contribution in [2.45, 2.75) is 51.7 Å². The highest BCUT2D eigenvalue weighted by atomic mass is 16.2. The van der Waals surface area contributed by atoms with Gasteiger partial charge in [-0.15, -0.1) is 0 Å². The van der Waals surface area contributed by atoms with Crippen molar-refractivity contribution in [3.05, 3.63) is 24.5 Å².